The number of hydrogen-bond donors (Lipinski definition) is 2. The topological polar surface area (TPSA) is 71.4 Å². The van der Waals surface area contributed by atoms with Crippen LogP contribution in [0.2, 0.25) is 0 Å². The highest BCUT2D eigenvalue weighted by atomic mass is 127. The second-order valence-corrected chi connectivity index (χ2v) is 7.23. The van der Waals surface area contributed by atoms with Crippen molar-refractivity contribution in [2.24, 2.45) is 4.99 Å². The normalized spacial score (nSPS) is 11.0. The van der Waals surface area contributed by atoms with Crippen LogP contribution >= 0.6 is 35.3 Å². The third-order valence-corrected chi connectivity index (χ3v) is 4.88. The maximum atomic E-state index is 5.70. The first-order chi connectivity index (χ1) is 12.6. The predicted molar refractivity (Wildman–Crippen MR) is 124 cm³/mol. The zero-order valence-electron chi connectivity index (χ0n) is 16.5. The van der Waals surface area contributed by atoms with Crippen molar-refractivity contribution in [3.05, 3.63) is 39.5 Å². The Kier molecular flexibility index (Phi) is 11.3. The molecule has 0 fully saturated rings. The van der Waals surface area contributed by atoms with Gasteiger partial charge < -0.3 is 15.4 Å². The van der Waals surface area contributed by atoms with Crippen LogP contribution in [0.5, 0.6) is 5.88 Å². The molecule has 2 heterocycles. The van der Waals surface area contributed by atoms with E-state index < -0.39 is 0 Å². The molecule has 0 saturated heterocycles. The van der Waals surface area contributed by atoms with Gasteiger partial charge in [0, 0.05) is 36.1 Å². The lowest BCUT2D eigenvalue weighted by Gasteiger charge is -2.12. The zero-order valence-corrected chi connectivity index (χ0v) is 19.7. The summed E-state index contributed by atoms with van der Waals surface area (Å²) in [4.78, 5) is 14.8. The Balaban J connectivity index is 0.00000364. The minimum absolute atomic E-state index is 0. The molecule has 27 heavy (non-hydrogen) atoms. The minimum atomic E-state index is 0. The smallest absolute Gasteiger partial charge is 0.218 e. The van der Waals surface area contributed by atoms with Crippen LogP contribution in [0.15, 0.2) is 23.3 Å². The van der Waals surface area contributed by atoms with Gasteiger partial charge in [0.1, 0.15) is 0 Å². The highest BCUT2D eigenvalue weighted by molar-refractivity contribution is 14.0. The summed E-state index contributed by atoms with van der Waals surface area (Å²) >= 11 is 1.76. The van der Waals surface area contributed by atoms with Crippen molar-refractivity contribution < 1.29 is 4.74 Å². The lowest BCUT2D eigenvalue weighted by molar-refractivity contribution is 0.302. The van der Waals surface area contributed by atoms with Crippen molar-refractivity contribution >= 4 is 41.3 Å². The van der Waals surface area contributed by atoms with E-state index in [1.807, 2.05) is 12.1 Å². The summed E-state index contributed by atoms with van der Waals surface area (Å²) in [5.74, 6) is 1.46. The van der Waals surface area contributed by atoms with Gasteiger partial charge in [-0.05, 0) is 33.3 Å². The largest absolute Gasteiger partial charge is 0.477 e. The van der Waals surface area contributed by atoms with Crippen molar-refractivity contribution in [3.63, 3.8) is 0 Å². The molecule has 0 amide bonds. The minimum Gasteiger partial charge on any atom is -0.477 e. The van der Waals surface area contributed by atoms with Crippen molar-refractivity contribution in [2.45, 2.75) is 47.1 Å². The highest BCUT2D eigenvalue weighted by Crippen LogP contribution is 2.17. The van der Waals surface area contributed by atoms with Crippen molar-refractivity contribution in [2.75, 3.05) is 19.7 Å². The Labute approximate surface area is 183 Å². The number of rotatable bonds is 9. The molecule has 0 saturated carbocycles. The molecule has 0 aliphatic heterocycles. The Morgan fingerprint density at radius 2 is 2.07 bits per heavy atom. The van der Waals surface area contributed by atoms with E-state index in [1.54, 1.807) is 17.5 Å². The summed E-state index contributed by atoms with van der Waals surface area (Å²) in [7, 11) is 0. The second-order valence-electron chi connectivity index (χ2n) is 5.94. The standard InChI is InChI=1S/C19H29N5OS.HI/c1-5-12-25-18-16(8-7-10-21-18)13-23-19(20-6-2)22-11-9-17-24-14(3)15(4)26-17;/h7-8,10H,5-6,9,11-13H2,1-4H3,(H2,20,22,23);1H. The maximum Gasteiger partial charge on any atom is 0.218 e. The Hall–Kier alpha value is -1.42. The molecule has 8 heteroatoms. The first-order valence-electron chi connectivity index (χ1n) is 9.15. The number of guanidine groups is 1. The van der Waals surface area contributed by atoms with Crippen molar-refractivity contribution in [1.82, 2.24) is 20.6 Å². The lowest BCUT2D eigenvalue weighted by Crippen LogP contribution is -2.38. The average Bonchev–Trinajstić information content (AvgIpc) is 2.96. The monoisotopic (exact) mass is 503 g/mol. The molecule has 0 atom stereocenters. The number of pyridine rings is 1. The molecule has 0 bridgehead atoms. The molecule has 2 N–H and O–H groups in total. The molecule has 0 radical (unpaired) electrons. The van der Waals surface area contributed by atoms with Gasteiger partial charge in [-0.25, -0.2) is 15.0 Å². The number of halogens is 1. The summed E-state index contributed by atoms with van der Waals surface area (Å²) in [5, 5.41) is 7.81. The molecule has 0 unspecified atom stereocenters. The van der Waals surface area contributed by atoms with Gasteiger partial charge in [-0.2, -0.15) is 0 Å². The molecule has 0 aliphatic carbocycles. The summed E-state index contributed by atoms with van der Waals surface area (Å²) in [6.45, 7) is 11.1. The fourth-order valence-corrected chi connectivity index (χ4v) is 3.25. The first kappa shape index (κ1) is 23.6. The molecular weight excluding hydrogens is 473 g/mol. The van der Waals surface area contributed by atoms with Crippen LogP contribution in [0, 0.1) is 13.8 Å². The molecule has 2 aromatic rings. The molecular formula is C19H30IN5OS. The fourth-order valence-electron chi connectivity index (χ4n) is 2.31. The second kappa shape index (κ2) is 12.9. The fraction of sp³-hybridized carbons (Fsp3) is 0.526. The van der Waals surface area contributed by atoms with Crippen LogP contribution in [0.25, 0.3) is 0 Å². The Bertz CT molecular complexity index is 700. The predicted octanol–water partition coefficient (Wildman–Crippen LogP) is 3.86. The van der Waals surface area contributed by atoms with Crippen LogP contribution in [0.3, 0.4) is 0 Å². The van der Waals surface area contributed by atoms with E-state index in [2.05, 4.69) is 53.3 Å². The number of nitrogens with one attached hydrogen (secondary N) is 2. The van der Waals surface area contributed by atoms with Gasteiger partial charge in [0.15, 0.2) is 5.96 Å². The number of hydrogen-bond acceptors (Lipinski definition) is 5. The average molecular weight is 503 g/mol. The lowest BCUT2D eigenvalue weighted by atomic mass is 10.3. The van der Waals surface area contributed by atoms with E-state index in [9.17, 15) is 0 Å². The molecule has 0 aromatic carbocycles. The van der Waals surface area contributed by atoms with Crippen LogP contribution < -0.4 is 15.4 Å². The quantitative estimate of drug-likeness (QED) is 0.309. The van der Waals surface area contributed by atoms with Gasteiger partial charge in [-0.15, -0.1) is 35.3 Å². The number of ether oxygens (including phenoxy) is 1. The van der Waals surface area contributed by atoms with E-state index in [4.69, 9.17) is 4.74 Å². The zero-order chi connectivity index (χ0) is 18.8. The van der Waals surface area contributed by atoms with Crippen LogP contribution in [0.1, 0.15) is 41.4 Å². The summed E-state index contributed by atoms with van der Waals surface area (Å²) in [6.07, 6.45) is 3.60. The molecule has 150 valence electrons. The van der Waals surface area contributed by atoms with Gasteiger partial charge >= 0.3 is 0 Å². The molecule has 2 aromatic heterocycles. The van der Waals surface area contributed by atoms with Gasteiger partial charge in [0.25, 0.3) is 0 Å². The van der Waals surface area contributed by atoms with Crippen molar-refractivity contribution in [3.8, 4) is 5.88 Å². The summed E-state index contributed by atoms with van der Waals surface area (Å²) in [5.41, 5.74) is 2.12. The number of aryl methyl sites for hydroxylation is 2. The van der Waals surface area contributed by atoms with Gasteiger partial charge in [0.2, 0.25) is 5.88 Å². The SMILES string of the molecule is CCCOc1ncccc1CN=C(NCC)NCCc1nc(C)c(C)s1.I. The maximum absolute atomic E-state index is 5.70. The van der Waals surface area contributed by atoms with Crippen LogP contribution in [0.4, 0.5) is 0 Å². The van der Waals surface area contributed by atoms with Gasteiger partial charge in [0.05, 0.1) is 23.9 Å². The Morgan fingerprint density at radius 3 is 2.74 bits per heavy atom. The number of aliphatic imine (C=N–C) groups is 1. The van der Waals surface area contributed by atoms with Crippen LogP contribution in [-0.4, -0.2) is 35.6 Å². The van der Waals surface area contributed by atoms with E-state index in [0.717, 1.165) is 48.2 Å². The molecule has 0 aliphatic rings. The summed E-state index contributed by atoms with van der Waals surface area (Å²) in [6, 6.07) is 3.92. The third-order valence-electron chi connectivity index (χ3n) is 3.75. The summed E-state index contributed by atoms with van der Waals surface area (Å²) < 4.78 is 5.70. The van der Waals surface area contributed by atoms with Crippen LogP contribution in [-0.2, 0) is 13.0 Å². The third kappa shape index (κ3) is 8.00. The van der Waals surface area contributed by atoms with E-state index in [-0.39, 0.29) is 24.0 Å². The molecule has 6 nitrogen and oxygen atoms in total. The number of nitrogens with zero attached hydrogens (tertiary/aromatic N) is 3. The first-order valence-corrected chi connectivity index (χ1v) is 9.97. The number of thiazole rings is 1. The van der Waals surface area contributed by atoms with Gasteiger partial charge in [-0.1, -0.05) is 13.0 Å². The van der Waals surface area contributed by atoms with E-state index in [1.165, 1.54) is 4.88 Å². The van der Waals surface area contributed by atoms with Gasteiger partial charge in [-0.3, -0.25) is 0 Å². The number of aromatic nitrogens is 2. The van der Waals surface area contributed by atoms with Crippen molar-refractivity contribution in [1.29, 1.82) is 0 Å². The van der Waals surface area contributed by atoms with E-state index >= 15 is 0 Å². The molecule has 0 spiro atoms. The molecule has 2 rings (SSSR count). The Morgan fingerprint density at radius 1 is 1.26 bits per heavy atom. The highest BCUT2D eigenvalue weighted by Gasteiger charge is 2.06. The van der Waals surface area contributed by atoms with E-state index in [0.29, 0.717) is 19.0 Å².